The van der Waals surface area contributed by atoms with E-state index in [-0.39, 0.29) is 0 Å². The summed E-state index contributed by atoms with van der Waals surface area (Å²) in [6.45, 7) is 10.8. The number of nitrogens with one attached hydrogen (secondary N) is 1. The second kappa shape index (κ2) is 9.43. The fourth-order valence-corrected chi connectivity index (χ4v) is 3.20. The third-order valence-corrected chi connectivity index (χ3v) is 4.53. The topological polar surface area (TPSA) is 29.9 Å². The van der Waals surface area contributed by atoms with Crippen molar-refractivity contribution in [1.29, 1.82) is 0 Å². The van der Waals surface area contributed by atoms with Crippen LogP contribution in [0.25, 0.3) is 0 Å². The number of nitrogens with zero attached hydrogens (tertiary/aromatic N) is 2. The second-order valence-corrected chi connectivity index (χ2v) is 5.98. The molecule has 1 aromatic rings. The minimum absolute atomic E-state index is 0.563. The van der Waals surface area contributed by atoms with Crippen LogP contribution in [0.3, 0.4) is 0 Å². The largest absolute Gasteiger partial charge is 0.313 e. The molecule has 1 aromatic heterocycles. The van der Waals surface area contributed by atoms with Crippen molar-refractivity contribution in [3.05, 3.63) is 17.5 Å². The molecule has 0 saturated heterocycles. The Balaban J connectivity index is 2.63. The van der Waals surface area contributed by atoms with Gasteiger partial charge in [0, 0.05) is 30.5 Å². The highest BCUT2D eigenvalue weighted by Crippen LogP contribution is 2.12. The lowest BCUT2D eigenvalue weighted by molar-refractivity contribution is 0.533. The first-order chi connectivity index (χ1) is 9.24. The average Bonchev–Trinajstić information content (AvgIpc) is 2.81. The van der Waals surface area contributed by atoms with Crippen molar-refractivity contribution >= 4 is 11.8 Å². The summed E-state index contributed by atoms with van der Waals surface area (Å²) in [6.07, 6.45) is 3.37. The zero-order chi connectivity index (χ0) is 14.1. The van der Waals surface area contributed by atoms with E-state index in [4.69, 9.17) is 0 Å². The first kappa shape index (κ1) is 16.6. The Morgan fingerprint density at radius 3 is 2.68 bits per heavy atom. The normalized spacial score (nSPS) is 12.8. The van der Waals surface area contributed by atoms with Crippen LogP contribution in [0.2, 0.25) is 0 Å². The molecule has 0 radical (unpaired) electrons. The summed E-state index contributed by atoms with van der Waals surface area (Å²) in [5.41, 5.74) is 2.59. The van der Waals surface area contributed by atoms with Crippen molar-refractivity contribution in [2.75, 3.05) is 18.1 Å². The zero-order valence-electron chi connectivity index (χ0n) is 12.9. The Kier molecular flexibility index (Phi) is 8.22. The Morgan fingerprint density at radius 1 is 1.32 bits per heavy atom. The van der Waals surface area contributed by atoms with Crippen LogP contribution in [0.1, 0.15) is 45.5 Å². The van der Waals surface area contributed by atoms with Crippen LogP contribution in [0.5, 0.6) is 0 Å². The molecule has 0 saturated carbocycles. The van der Waals surface area contributed by atoms with Crippen molar-refractivity contribution in [1.82, 2.24) is 15.1 Å². The summed E-state index contributed by atoms with van der Waals surface area (Å²) < 4.78 is 2.16. The lowest BCUT2D eigenvalue weighted by Gasteiger charge is -2.17. The van der Waals surface area contributed by atoms with E-state index in [9.17, 15) is 0 Å². The molecule has 19 heavy (non-hydrogen) atoms. The Labute approximate surface area is 122 Å². The molecule has 3 nitrogen and oxygen atoms in total. The van der Waals surface area contributed by atoms with E-state index in [1.165, 1.54) is 29.3 Å². The Bertz CT molecular complexity index is 349. The van der Waals surface area contributed by atoms with Gasteiger partial charge < -0.3 is 5.32 Å². The van der Waals surface area contributed by atoms with Gasteiger partial charge in [-0.1, -0.05) is 20.8 Å². The lowest BCUT2D eigenvalue weighted by atomic mass is 10.1. The maximum absolute atomic E-state index is 4.64. The number of aryl methyl sites for hydroxylation is 2. The highest BCUT2D eigenvalue weighted by atomic mass is 32.2. The van der Waals surface area contributed by atoms with Gasteiger partial charge in [-0.3, -0.25) is 4.68 Å². The molecule has 1 atom stereocenters. The molecule has 0 aliphatic heterocycles. The second-order valence-electron chi connectivity index (χ2n) is 4.83. The molecule has 0 aromatic carbocycles. The third-order valence-electron chi connectivity index (χ3n) is 3.19. The predicted octanol–water partition coefficient (Wildman–Crippen LogP) is 3.13. The molecule has 1 heterocycles. The molecule has 0 aliphatic rings. The molecular weight excluding hydrogens is 254 g/mol. The minimum atomic E-state index is 0.563. The van der Waals surface area contributed by atoms with Crippen LogP contribution >= 0.6 is 11.8 Å². The van der Waals surface area contributed by atoms with E-state index in [0.717, 1.165) is 25.9 Å². The molecule has 1 rings (SSSR count). The standard InChI is InChI=1S/C15H29N3S/c1-5-9-19-12-14(16-7-3)11-15-10-13(6-2)17-18(15)8-4/h10,14,16H,5-9,11-12H2,1-4H3. The van der Waals surface area contributed by atoms with Crippen molar-refractivity contribution < 1.29 is 0 Å². The Morgan fingerprint density at radius 2 is 2.11 bits per heavy atom. The number of likely N-dealkylation sites (N-methyl/N-ethyl adjacent to an activating group) is 1. The SMILES string of the molecule is CCCSCC(Cc1cc(CC)nn1CC)NCC. The molecule has 0 bridgehead atoms. The van der Waals surface area contributed by atoms with E-state index in [1.807, 2.05) is 0 Å². The maximum Gasteiger partial charge on any atom is 0.0624 e. The summed E-state index contributed by atoms with van der Waals surface area (Å²) in [6, 6.07) is 2.84. The summed E-state index contributed by atoms with van der Waals surface area (Å²) in [5, 5.41) is 8.25. The monoisotopic (exact) mass is 283 g/mol. The van der Waals surface area contributed by atoms with Gasteiger partial charge in [0.1, 0.15) is 0 Å². The zero-order valence-corrected chi connectivity index (χ0v) is 13.7. The Hall–Kier alpha value is -0.480. The van der Waals surface area contributed by atoms with E-state index in [2.05, 4.69) is 60.6 Å². The van der Waals surface area contributed by atoms with Gasteiger partial charge in [-0.05, 0) is 38.1 Å². The molecule has 110 valence electrons. The summed E-state index contributed by atoms with van der Waals surface area (Å²) in [7, 11) is 0. The van der Waals surface area contributed by atoms with E-state index >= 15 is 0 Å². The van der Waals surface area contributed by atoms with Gasteiger partial charge in [-0.15, -0.1) is 0 Å². The van der Waals surface area contributed by atoms with E-state index in [1.54, 1.807) is 0 Å². The van der Waals surface area contributed by atoms with Crippen LogP contribution < -0.4 is 5.32 Å². The summed E-state index contributed by atoms with van der Waals surface area (Å²) in [5.74, 6) is 2.45. The molecule has 1 N–H and O–H groups in total. The van der Waals surface area contributed by atoms with Gasteiger partial charge >= 0.3 is 0 Å². The highest BCUT2D eigenvalue weighted by molar-refractivity contribution is 7.99. The maximum atomic E-state index is 4.64. The molecule has 0 fully saturated rings. The predicted molar refractivity (Wildman–Crippen MR) is 86.1 cm³/mol. The average molecular weight is 283 g/mol. The number of aromatic nitrogens is 2. The minimum Gasteiger partial charge on any atom is -0.313 e. The molecule has 0 amide bonds. The molecular formula is C15H29N3S. The number of hydrogen-bond donors (Lipinski definition) is 1. The van der Waals surface area contributed by atoms with Crippen LogP contribution in [-0.2, 0) is 19.4 Å². The van der Waals surface area contributed by atoms with Gasteiger partial charge in [-0.2, -0.15) is 16.9 Å². The van der Waals surface area contributed by atoms with Crippen molar-refractivity contribution in [3.63, 3.8) is 0 Å². The summed E-state index contributed by atoms with van der Waals surface area (Å²) in [4.78, 5) is 0. The van der Waals surface area contributed by atoms with Gasteiger partial charge in [0.05, 0.1) is 5.69 Å². The smallest absolute Gasteiger partial charge is 0.0624 e. The molecule has 1 unspecified atom stereocenters. The third kappa shape index (κ3) is 5.57. The van der Waals surface area contributed by atoms with Crippen LogP contribution in [0.15, 0.2) is 6.07 Å². The molecule has 0 spiro atoms. The number of hydrogen-bond acceptors (Lipinski definition) is 3. The van der Waals surface area contributed by atoms with Crippen LogP contribution in [0.4, 0.5) is 0 Å². The number of thioether (sulfide) groups is 1. The van der Waals surface area contributed by atoms with Gasteiger partial charge in [-0.25, -0.2) is 0 Å². The van der Waals surface area contributed by atoms with Crippen molar-refractivity contribution in [3.8, 4) is 0 Å². The van der Waals surface area contributed by atoms with E-state index < -0.39 is 0 Å². The van der Waals surface area contributed by atoms with Gasteiger partial charge in [0.15, 0.2) is 0 Å². The van der Waals surface area contributed by atoms with Gasteiger partial charge in [0.25, 0.3) is 0 Å². The fraction of sp³-hybridized carbons (Fsp3) is 0.800. The molecule has 4 heteroatoms. The van der Waals surface area contributed by atoms with Crippen molar-refractivity contribution in [2.45, 2.75) is 59.5 Å². The van der Waals surface area contributed by atoms with Crippen LogP contribution in [0, 0.1) is 0 Å². The highest BCUT2D eigenvalue weighted by Gasteiger charge is 2.13. The van der Waals surface area contributed by atoms with Crippen molar-refractivity contribution in [2.24, 2.45) is 0 Å². The first-order valence-corrected chi connectivity index (χ1v) is 8.77. The number of rotatable bonds is 10. The van der Waals surface area contributed by atoms with Crippen LogP contribution in [-0.4, -0.2) is 33.9 Å². The molecule has 0 aliphatic carbocycles. The van der Waals surface area contributed by atoms with E-state index in [0.29, 0.717) is 6.04 Å². The lowest BCUT2D eigenvalue weighted by Crippen LogP contribution is -2.34. The summed E-state index contributed by atoms with van der Waals surface area (Å²) >= 11 is 2.05. The quantitative estimate of drug-likeness (QED) is 0.669. The fourth-order valence-electron chi connectivity index (χ4n) is 2.23. The first-order valence-electron chi connectivity index (χ1n) is 7.61. The van der Waals surface area contributed by atoms with Gasteiger partial charge in [0.2, 0.25) is 0 Å².